The number of fused-ring (bicyclic) bond motifs is 2. The molecule has 0 N–H and O–H groups in total. The standard InChI is InChI=1S/C20H22N2O2S/c1-5-22-18(24)15-10-13-8-6-7-9-14(13)11-16(15)21-19(22)25-12-17(23)20(2,3)4/h6-11H,5,12H2,1-4H3. The molecular formula is C20H22N2O2S. The Hall–Kier alpha value is -2.14. The van der Waals surface area contributed by atoms with Crippen LogP contribution < -0.4 is 5.56 Å². The summed E-state index contributed by atoms with van der Waals surface area (Å²) in [7, 11) is 0. The summed E-state index contributed by atoms with van der Waals surface area (Å²) in [6.45, 7) is 8.17. The van der Waals surface area contributed by atoms with Crippen LogP contribution in [0.25, 0.3) is 21.7 Å². The molecule has 0 bridgehead atoms. The smallest absolute Gasteiger partial charge is 0.262 e. The maximum atomic E-state index is 12.9. The van der Waals surface area contributed by atoms with Crippen molar-refractivity contribution in [1.29, 1.82) is 0 Å². The maximum Gasteiger partial charge on any atom is 0.262 e. The van der Waals surface area contributed by atoms with Crippen LogP contribution in [-0.2, 0) is 11.3 Å². The first kappa shape index (κ1) is 17.7. The first-order chi connectivity index (χ1) is 11.8. The molecule has 5 heteroatoms. The Morgan fingerprint density at radius 3 is 2.40 bits per heavy atom. The van der Waals surface area contributed by atoms with E-state index < -0.39 is 5.41 Å². The third-order valence-electron chi connectivity index (χ3n) is 4.27. The Labute approximate surface area is 151 Å². The minimum absolute atomic E-state index is 0.0519. The maximum absolute atomic E-state index is 12.9. The van der Waals surface area contributed by atoms with E-state index in [1.807, 2.05) is 64.1 Å². The number of nitrogens with zero attached hydrogens (tertiary/aromatic N) is 2. The topological polar surface area (TPSA) is 52.0 Å². The molecule has 130 valence electrons. The molecule has 0 atom stereocenters. The van der Waals surface area contributed by atoms with E-state index in [4.69, 9.17) is 0 Å². The average Bonchev–Trinajstić information content (AvgIpc) is 2.57. The van der Waals surface area contributed by atoms with Gasteiger partial charge in [0.25, 0.3) is 5.56 Å². The van der Waals surface area contributed by atoms with E-state index in [1.54, 1.807) is 4.57 Å². The SMILES string of the molecule is CCn1c(SCC(=O)C(C)(C)C)nc2cc3ccccc3cc2c1=O. The fourth-order valence-corrected chi connectivity index (χ4v) is 3.85. The van der Waals surface area contributed by atoms with Gasteiger partial charge in [0.1, 0.15) is 5.78 Å². The van der Waals surface area contributed by atoms with E-state index >= 15 is 0 Å². The molecule has 3 aromatic rings. The number of carbonyl (C=O) groups is 1. The molecule has 0 unspecified atom stereocenters. The van der Waals surface area contributed by atoms with Gasteiger partial charge in [0.05, 0.1) is 16.7 Å². The lowest BCUT2D eigenvalue weighted by Crippen LogP contribution is -2.25. The fourth-order valence-electron chi connectivity index (χ4n) is 2.62. The van der Waals surface area contributed by atoms with Gasteiger partial charge < -0.3 is 0 Å². The molecule has 1 heterocycles. The van der Waals surface area contributed by atoms with Gasteiger partial charge in [0, 0.05) is 12.0 Å². The van der Waals surface area contributed by atoms with Gasteiger partial charge in [-0.15, -0.1) is 0 Å². The Morgan fingerprint density at radius 1 is 1.16 bits per heavy atom. The van der Waals surface area contributed by atoms with Crippen molar-refractivity contribution in [2.75, 3.05) is 5.75 Å². The molecule has 25 heavy (non-hydrogen) atoms. The van der Waals surface area contributed by atoms with Crippen molar-refractivity contribution in [2.45, 2.75) is 39.4 Å². The summed E-state index contributed by atoms with van der Waals surface area (Å²) in [5.74, 6) is 0.461. The zero-order valence-electron chi connectivity index (χ0n) is 15.0. The lowest BCUT2D eigenvalue weighted by atomic mass is 9.92. The van der Waals surface area contributed by atoms with Crippen LogP contribution in [0.5, 0.6) is 0 Å². The molecule has 2 aromatic carbocycles. The summed E-state index contributed by atoms with van der Waals surface area (Å²) in [6, 6.07) is 11.8. The summed E-state index contributed by atoms with van der Waals surface area (Å²) in [5, 5.41) is 3.30. The molecule has 0 spiro atoms. The molecule has 0 radical (unpaired) electrons. The van der Waals surface area contributed by atoms with E-state index in [0.29, 0.717) is 28.4 Å². The predicted octanol–water partition coefficient (Wildman–Crippen LogP) is 4.28. The highest BCUT2D eigenvalue weighted by molar-refractivity contribution is 7.99. The summed E-state index contributed by atoms with van der Waals surface area (Å²) in [6.07, 6.45) is 0. The number of benzene rings is 2. The van der Waals surface area contributed by atoms with Crippen LogP contribution in [-0.4, -0.2) is 21.1 Å². The quantitative estimate of drug-likeness (QED) is 0.399. The first-order valence-electron chi connectivity index (χ1n) is 8.40. The number of ketones is 1. The second-order valence-corrected chi connectivity index (χ2v) is 8.06. The minimum atomic E-state index is -0.391. The number of carbonyl (C=O) groups excluding carboxylic acids is 1. The highest BCUT2D eigenvalue weighted by Gasteiger charge is 2.22. The van der Waals surface area contributed by atoms with E-state index in [1.165, 1.54) is 11.8 Å². The van der Waals surface area contributed by atoms with Crippen LogP contribution in [0.2, 0.25) is 0 Å². The van der Waals surface area contributed by atoms with Crippen molar-refractivity contribution in [3.63, 3.8) is 0 Å². The molecule has 0 saturated carbocycles. The number of rotatable bonds is 4. The number of thioether (sulfide) groups is 1. The van der Waals surface area contributed by atoms with Crippen molar-refractivity contribution < 1.29 is 4.79 Å². The fraction of sp³-hybridized carbons (Fsp3) is 0.350. The third-order valence-corrected chi connectivity index (χ3v) is 5.25. The molecule has 0 aliphatic heterocycles. The van der Waals surface area contributed by atoms with Crippen LogP contribution >= 0.6 is 11.8 Å². The molecule has 0 aliphatic carbocycles. The molecule has 0 fully saturated rings. The Balaban J connectivity index is 2.10. The Kier molecular flexibility index (Phi) is 4.69. The number of Topliss-reactive ketones (excluding diaryl/α,β-unsaturated/α-hetero) is 1. The number of hydrogen-bond donors (Lipinski definition) is 0. The van der Waals surface area contributed by atoms with Gasteiger partial charge in [0.2, 0.25) is 0 Å². The summed E-state index contributed by atoms with van der Waals surface area (Å²) >= 11 is 1.34. The van der Waals surface area contributed by atoms with Crippen molar-refractivity contribution in [3.8, 4) is 0 Å². The predicted molar refractivity (Wildman–Crippen MR) is 104 cm³/mol. The Morgan fingerprint density at radius 2 is 1.80 bits per heavy atom. The largest absolute Gasteiger partial charge is 0.298 e. The number of aromatic nitrogens is 2. The lowest BCUT2D eigenvalue weighted by molar-refractivity contribution is -0.123. The van der Waals surface area contributed by atoms with Crippen molar-refractivity contribution in [2.24, 2.45) is 5.41 Å². The monoisotopic (exact) mass is 354 g/mol. The van der Waals surface area contributed by atoms with E-state index in [9.17, 15) is 9.59 Å². The minimum Gasteiger partial charge on any atom is -0.298 e. The first-order valence-corrected chi connectivity index (χ1v) is 9.39. The van der Waals surface area contributed by atoms with Gasteiger partial charge >= 0.3 is 0 Å². The summed E-state index contributed by atoms with van der Waals surface area (Å²) < 4.78 is 1.65. The highest BCUT2D eigenvalue weighted by Crippen LogP contribution is 2.25. The van der Waals surface area contributed by atoms with Gasteiger partial charge in [0.15, 0.2) is 5.16 Å². The van der Waals surface area contributed by atoms with Gasteiger partial charge in [-0.2, -0.15) is 0 Å². The summed E-state index contributed by atoms with van der Waals surface area (Å²) in [4.78, 5) is 29.8. The summed E-state index contributed by atoms with van der Waals surface area (Å²) in [5.41, 5.74) is 0.236. The van der Waals surface area contributed by atoms with Crippen LogP contribution in [0.1, 0.15) is 27.7 Å². The average molecular weight is 354 g/mol. The second kappa shape index (κ2) is 6.64. The van der Waals surface area contributed by atoms with E-state index in [-0.39, 0.29) is 11.3 Å². The highest BCUT2D eigenvalue weighted by atomic mass is 32.2. The molecule has 0 saturated heterocycles. The molecule has 0 aliphatic rings. The van der Waals surface area contributed by atoms with Crippen molar-refractivity contribution in [1.82, 2.24) is 9.55 Å². The van der Waals surface area contributed by atoms with Gasteiger partial charge in [-0.05, 0) is 29.8 Å². The lowest BCUT2D eigenvalue weighted by Gasteiger charge is -2.17. The van der Waals surface area contributed by atoms with Crippen molar-refractivity contribution in [3.05, 3.63) is 46.8 Å². The normalized spacial score (nSPS) is 12.0. The second-order valence-electron chi connectivity index (χ2n) is 7.12. The van der Waals surface area contributed by atoms with E-state index in [0.717, 1.165) is 10.8 Å². The molecule has 0 amide bonds. The van der Waals surface area contributed by atoms with Crippen LogP contribution in [0.3, 0.4) is 0 Å². The zero-order chi connectivity index (χ0) is 18.2. The van der Waals surface area contributed by atoms with Crippen LogP contribution in [0.15, 0.2) is 46.3 Å². The van der Waals surface area contributed by atoms with Gasteiger partial charge in [-0.25, -0.2) is 4.98 Å². The molecule has 1 aromatic heterocycles. The number of hydrogen-bond acceptors (Lipinski definition) is 4. The van der Waals surface area contributed by atoms with Crippen molar-refractivity contribution >= 4 is 39.2 Å². The zero-order valence-corrected chi connectivity index (χ0v) is 15.8. The van der Waals surface area contributed by atoms with Crippen LogP contribution in [0, 0.1) is 5.41 Å². The molecule has 3 rings (SSSR count). The van der Waals surface area contributed by atoms with Gasteiger partial charge in [-0.3, -0.25) is 14.2 Å². The third kappa shape index (κ3) is 3.47. The van der Waals surface area contributed by atoms with E-state index in [2.05, 4.69) is 4.98 Å². The Bertz CT molecular complexity index is 1020. The molecule has 4 nitrogen and oxygen atoms in total. The van der Waals surface area contributed by atoms with Crippen LogP contribution in [0.4, 0.5) is 0 Å². The molecular weight excluding hydrogens is 332 g/mol. The van der Waals surface area contributed by atoms with Gasteiger partial charge in [-0.1, -0.05) is 56.8 Å².